The molecule has 0 unspecified atom stereocenters. The van der Waals surface area contributed by atoms with Gasteiger partial charge in [-0.25, -0.2) is 8.42 Å². The Labute approximate surface area is 339 Å². The van der Waals surface area contributed by atoms with E-state index in [0.29, 0.717) is 11.8 Å². The summed E-state index contributed by atoms with van der Waals surface area (Å²) < 4.78 is 39.1. The molecule has 0 saturated carbocycles. The third-order valence-corrected chi connectivity index (χ3v) is 12.1. The van der Waals surface area contributed by atoms with Gasteiger partial charge in [-0.05, 0) is 66.0 Å². The summed E-state index contributed by atoms with van der Waals surface area (Å²) in [5.74, 6) is 0. The van der Waals surface area contributed by atoms with Crippen molar-refractivity contribution in [2.45, 2.75) is 238 Å². The van der Waals surface area contributed by atoms with Crippen molar-refractivity contribution in [1.82, 2.24) is 0 Å². The fourth-order valence-electron chi connectivity index (χ4n) is 8.09. The first kappa shape index (κ1) is 48.6. The smallest absolute Gasteiger partial charge is 0.744 e. The first-order chi connectivity index (χ1) is 24.5. The van der Waals surface area contributed by atoms with Gasteiger partial charge in [-0.15, -0.1) is 0 Å². The third kappa shape index (κ3) is 21.3. The predicted molar refractivity (Wildman–Crippen MR) is 219 cm³/mol. The van der Waals surface area contributed by atoms with Crippen LogP contribution in [-0.4, -0.2) is 13.0 Å². The zero-order valence-electron chi connectivity index (χ0n) is 34.3. The summed E-state index contributed by atoms with van der Waals surface area (Å²) >= 11 is 0. The van der Waals surface area contributed by atoms with Crippen molar-refractivity contribution in [1.29, 1.82) is 0 Å². The molecule has 0 atom stereocenters. The Balaban J connectivity index is 0.0000130. The molecule has 0 saturated heterocycles. The molecule has 0 N–H and O–H groups in total. The summed E-state index contributed by atoms with van der Waals surface area (Å²) in [4.78, 5) is 0.0953. The Hall–Kier alpha value is -0.390. The molecule has 2 rings (SSSR count). The Bertz CT molecular complexity index is 1220. The van der Waals surface area contributed by atoms with Crippen LogP contribution in [0.15, 0.2) is 29.2 Å². The molecule has 0 radical (unpaired) electrons. The van der Waals surface area contributed by atoms with Gasteiger partial charge in [0.1, 0.15) is 10.1 Å². The van der Waals surface area contributed by atoms with E-state index in [1.807, 2.05) is 18.2 Å². The van der Waals surface area contributed by atoms with E-state index in [-0.39, 0.29) is 34.5 Å². The van der Waals surface area contributed by atoms with Crippen LogP contribution in [-0.2, 0) is 29.4 Å². The van der Waals surface area contributed by atoms with Gasteiger partial charge < -0.3 is 4.55 Å². The molecule has 51 heavy (non-hydrogen) atoms. The third-order valence-electron chi connectivity index (χ3n) is 11.1. The topological polar surface area (TPSA) is 57.2 Å². The van der Waals surface area contributed by atoms with Crippen molar-refractivity contribution in [3.05, 3.63) is 41.0 Å². The zero-order valence-corrected chi connectivity index (χ0v) is 37.1. The maximum Gasteiger partial charge on any atom is 1.00 e. The van der Waals surface area contributed by atoms with Crippen LogP contribution in [0.25, 0.3) is 10.8 Å². The Morgan fingerprint density at radius 1 is 0.392 bits per heavy atom. The summed E-state index contributed by atoms with van der Waals surface area (Å²) in [5.41, 5.74) is 3.42. The first-order valence-corrected chi connectivity index (χ1v) is 23.4. The van der Waals surface area contributed by atoms with Gasteiger partial charge >= 0.3 is 29.6 Å². The monoisotopic (exact) mass is 735 g/mol. The minimum atomic E-state index is -4.61. The predicted octanol–water partition coefficient (Wildman–Crippen LogP) is 12.1. The van der Waals surface area contributed by atoms with Gasteiger partial charge in [0, 0.05) is 0 Å². The molecule has 3 nitrogen and oxygen atoms in total. The van der Waals surface area contributed by atoms with Crippen molar-refractivity contribution in [2.24, 2.45) is 0 Å². The molecule has 0 spiro atoms. The number of benzene rings is 2. The van der Waals surface area contributed by atoms with E-state index in [1.165, 1.54) is 178 Å². The van der Waals surface area contributed by atoms with Gasteiger partial charge in [0.05, 0.1) is 4.90 Å². The molecule has 2 aromatic rings. The number of aryl methyl sites for hydroxylation is 1. The van der Waals surface area contributed by atoms with Crippen molar-refractivity contribution in [3.8, 4) is 0 Å². The van der Waals surface area contributed by atoms with Gasteiger partial charge in [-0.3, -0.25) is 0 Å². The van der Waals surface area contributed by atoms with Crippen molar-refractivity contribution in [2.75, 3.05) is 0 Å². The molecule has 2 aromatic carbocycles. The van der Waals surface area contributed by atoms with E-state index in [0.717, 1.165) is 49.5 Å². The van der Waals surface area contributed by atoms with Crippen LogP contribution in [0.5, 0.6) is 0 Å². The number of rotatable bonds is 34. The molecule has 0 heterocycles. The summed E-state index contributed by atoms with van der Waals surface area (Å²) in [7, 11) is -4.61. The summed E-state index contributed by atoms with van der Waals surface area (Å²) in [6.07, 6.45) is 41.0. The molecule has 5 heteroatoms. The molecule has 288 valence electrons. The average molecular weight is 735 g/mol. The minimum Gasteiger partial charge on any atom is -0.744 e. The summed E-state index contributed by atoms with van der Waals surface area (Å²) in [6.45, 7) is 6.82. The van der Waals surface area contributed by atoms with E-state index >= 15 is 0 Å². The SMILES string of the molecule is CCCCCCCCCCCCc1c(CCCCCCCCCCCC)c(S(=O)(=O)[O-])c2ccccc2c1CCCCCCCCCCCC.[Na+]. The van der Waals surface area contributed by atoms with Gasteiger partial charge in [0.25, 0.3) is 0 Å². The first-order valence-electron chi connectivity index (χ1n) is 22.0. The maximum absolute atomic E-state index is 13.0. The Morgan fingerprint density at radius 2 is 0.667 bits per heavy atom. The zero-order chi connectivity index (χ0) is 36.1. The molecule has 0 bridgehead atoms. The van der Waals surface area contributed by atoms with Crippen molar-refractivity contribution >= 4 is 20.9 Å². The van der Waals surface area contributed by atoms with E-state index in [2.05, 4.69) is 26.8 Å². The molecule has 0 aliphatic heterocycles. The van der Waals surface area contributed by atoms with E-state index in [9.17, 15) is 13.0 Å². The van der Waals surface area contributed by atoms with E-state index < -0.39 is 10.1 Å². The van der Waals surface area contributed by atoms with E-state index in [4.69, 9.17) is 0 Å². The maximum atomic E-state index is 13.0. The molecule has 0 amide bonds. The Kier molecular flexibility index (Phi) is 30.4. The van der Waals surface area contributed by atoms with Crippen LogP contribution in [0.3, 0.4) is 0 Å². The van der Waals surface area contributed by atoms with E-state index in [1.54, 1.807) is 0 Å². The van der Waals surface area contributed by atoms with Crippen LogP contribution < -0.4 is 29.6 Å². The molecule has 0 aromatic heterocycles. The number of unbranched alkanes of at least 4 members (excludes halogenated alkanes) is 27. The van der Waals surface area contributed by atoms with Crippen molar-refractivity contribution in [3.63, 3.8) is 0 Å². The largest absolute Gasteiger partial charge is 1.00 e. The van der Waals surface area contributed by atoms with Gasteiger partial charge in [-0.1, -0.05) is 218 Å². The quantitative estimate of drug-likeness (QED) is 0.0409. The summed E-state index contributed by atoms with van der Waals surface area (Å²) in [6, 6.07) is 7.92. The second kappa shape index (κ2) is 31.9. The molecule has 0 aliphatic rings. The van der Waals surface area contributed by atoms with Crippen LogP contribution in [0.2, 0.25) is 0 Å². The molecule has 0 fully saturated rings. The fraction of sp³-hybridized carbons (Fsp3) is 0.783. The van der Waals surface area contributed by atoms with Gasteiger partial charge in [0.15, 0.2) is 0 Å². The second-order valence-corrected chi connectivity index (χ2v) is 16.9. The van der Waals surface area contributed by atoms with Crippen LogP contribution in [0.1, 0.15) is 230 Å². The van der Waals surface area contributed by atoms with Crippen molar-refractivity contribution < 1.29 is 42.5 Å². The summed E-state index contributed by atoms with van der Waals surface area (Å²) in [5, 5.41) is 1.67. The van der Waals surface area contributed by atoms with Gasteiger partial charge in [-0.2, -0.15) is 0 Å². The molecular formula is C46H79NaO3S. The van der Waals surface area contributed by atoms with Gasteiger partial charge in [0.2, 0.25) is 0 Å². The van der Waals surface area contributed by atoms with Crippen LogP contribution in [0, 0.1) is 0 Å². The number of hydrogen-bond donors (Lipinski definition) is 0. The molecule has 0 aliphatic carbocycles. The number of fused-ring (bicyclic) bond motifs is 1. The Morgan fingerprint density at radius 3 is 1.00 bits per heavy atom. The number of hydrogen-bond acceptors (Lipinski definition) is 3. The second-order valence-electron chi connectivity index (χ2n) is 15.6. The normalized spacial score (nSPS) is 11.8. The fourth-order valence-corrected chi connectivity index (χ4v) is 9.07. The average Bonchev–Trinajstić information content (AvgIpc) is 3.10. The van der Waals surface area contributed by atoms with Crippen LogP contribution >= 0.6 is 0 Å². The minimum absolute atomic E-state index is 0. The molecular weight excluding hydrogens is 656 g/mol. The standard InChI is InChI=1S/C46H80O3S.Na/c1-4-7-10-13-16-19-22-25-28-31-36-41-42(37-32-29-26-23-20-17-14-11-8-5-2)44(39-33-30-27-24-21-18-15-12-9-6-3)46(50(47,48)49)45-40-35-34-38-43(41)45;/h34-35,38,40H,4-33,36-37,39H2,1-3H3,(H,47,48,49);/q;+1/p-1. The van der Waals surface area contributed by atoms with Crippen LogP contribution in [0.4, 0.5) is 0 Å².